The van der Waals surface area contributed by atoms with Gasteiger partial charge in [-0.15, -0.1) is 0 Å². The summed E-state index contributed by atoms with van der Waals surface area (Å²) in [5.41, 5.74) is 3.26. The summed E-state index contributed by atoms with van der Waals surface area (Å²) >= 11 is 0. The Kier molecular flexibility index (Phi) is 8.13. The number of nitrogens with one attached hydrogen (secondary N) is 1. The van der Waals surface area contributed by atoms with Crippen molar-refractivity contribution in [1.82, 2.24) is 0 Å². The minimum Gasteiger partial charge on any atom is -0.496 e. The summed E-state index contributed by atoms with van der Waals surface area (Å²) in [7, 11) is 6.30. The van der Waals surface area contributed by atoms with Crippen molar-refractivity contribution < 1.29 is 23.7 Å². The highest BCUT2D eigenvalue weighted by atomic mass is 16.5. The number of methoxy groups -OCH3 is 4. The molecule has 0 aliphatic heterocycles. The normalized spacial score (nSPS) is 10.9. The number of hydrogen-bond acceptors (Lipinski definition) is 6. The van der Waals surface area contributed by atoms with Gasteiger partial charge in [0.25, 0.3) is 0 Å². The molecular formula is C27H27NO5. The Labute approximate surface area is 194 Å². The Hall–Kier alpha value is -4.19. The van der Waals surface area contributed by atoms with E-state index in [1.165, 1.54) is 6.08 Å². The standard InChI is InChI=1S/C27H27NO5/c1-30-24-11-6-5-10-22(24)23(29)14-15-28-21-9-7-8-19(16-21)12-13-20-17-25(31-2)27(33-4)26(18-20)32-3/h5-18,28H,1-4H3. The molecule has 6 heteroatoms. The predicted molar refractivity (Wildman–Crippen MR) is 132 cm³/mol. The van der Waals surface area contributed by atoms with Gasteiger partial charge in [-0.2, -0.15) is 0 Å². The third-order valence-corrected chi connectivity index (χ3v) is 4.90. The number of ketones is 1. The Morgan fingerprint density at radius 3 is 2.06 bits per heavy atom. The summed E-state index contributed by atoms with van der Waals surface area (Å²) in [4.78, 5) is 12.4. The maximum atomic E-state index is 12.4. The van der Waals surface area contributed by atoms with E-state index in [0.717, 1.165) is 16.8 Å². The summed E-state index contributed by atoms with van der Waals surface area (Å²) in [6.07, 6.45) is 7.05. The highest BCUT2D eigenvalue weighted by Crippen LogP contribution is 2.38. The van der Waals surface area contributed by atoms with Crippen LogP contribution in [0.4, 0.5) is 5.69 Å². The van der Waals surface area contributed by atoms with Gasteiger partial charge >= 0.3 is 0 Å². The van der Waals surface area contributed by atoms with Crippen molar-refractivity contribution in [1.29, 1.82) is 0 Å². The average molecular weight is 446 g/mol. The number of ether oxygens (including phenoxy) is 4. The third kappa shape index (κ3) is 5.95. The minimum atomic E-state index is -0.140. The van der Waals surface area contributed by atoms with Gasteiger partial charge in [-0.25, -0.2) is 0 Å². The lowest BCUT2D eigenvalue weighted by molar-refractivity contribution is 0.104. The van der Waals surface area contributed by atoms with E-state index in [-0.39, 0.29) is 5.78 Å². The van der Waals surface area contributed by atoms with Crippen molar-refractivity contribution in [3.8, 4) is 23.0 Å². The summed E-state index contributed by atoms with van der Waals surface area (Å²) in [6, 6.07) is 18.7. The lowest BCUT2D eigenvalue weighted by Gasteiger charge is -2.12. The molecule has 0 bridgehead atoms. The van der Waals surface area contributed by atoms with Crippen molar-refractivity contribution in [2.24, 2.45) is 0 Å². The first-order valence-corrected chi connectivity index (χ1v) is 10.3. The quantitative estimate of drug-likeness (QED) is 0.245. The highest BCUT2D eigenvalue weighted by Gasteiger charge is 2.12. The second kappa shape index (κ2) is 11.4. The first kappa shape index (κ1) is 23.5. The first-order valence-electron chi connectivity index (χ1n) is 10.3. The van der Waals surface area contributed by atoms with E-state index >= 15 is 0 Å². The van der Waals surface area contributed by atoms with Crippen LogP contribution in [0.2, 0.25) is 0 Å². The SMILES string of the molecule is COc1ccccc1C(=O)C=CNc1cccc(C=Cc2cc(OC)c(OC)c(OC)c2)c1. The summed E-state index contributed by atoms with van der Waals surface area (Å²) in [5, 5.41) is 3.14. The van der Waals surface area contributed by atoms with Gasteiger partial charge < -0.3 is 24.3 Å². The molecule has 0 radical (unpaired) electrons. The molecule has 0 aromatic heterocycles. The zero-order valence-electron chi connectivity index (χ0n) is 19.1. The van der Waals surface area contributed by atoms with Crippen molar-refractivity contribution in [2.45, 2.75) is 0 Å². The molecule has 3 rings (SSSR count). The molecule has 0 saturated carbocycles. The van der Waals surface area contributed by atoms with Crippen LogP contribution in [0.1, 0.15) is 21.5 Å². The molecule has 0 unspecified atom stereocenters. The van der Waals surface area contributed by atoms with Crippen LogP contribution in [0.15, 0.2) is 72.9 Å². The van der Waals surface area contributed by atoms with Gasteiger partial charge in [0.15, 0.2) is 17.3 Å². The molecule has 3 aromatic rings. The van der Waals surface area contributed by atoms with E-state index < -0.39 is 0 Å². The number of rotatable bonds is 10. The van der Waals surface area contributed by atoms with Crippen LogP contribution in [-0.4, -0.2) is 34.2 Å². The molecule has 0 atom stereocenters. The van der Waals surface area contributed by atoms with E-state index in [2.05, 4.69) is 5.32 Å². The van der Waals surface area contributed by atoms with E-state index in [0.29, 0.717) is 28.6 Å². The molecule has 0 amide bonds. The Morgan fingerprint density at radius 1 is 0.727 bits per heavy atom. The molecule has 0 fully saturated rings. The number of carbonyl (C=O) groups excluding carboxylic acids is 1. The van der Waals surface area contributed by atoms with Crippen molar-refractivity contribution in [3.63, 3.8) is 0 Å². The number of anilines is 1. The first-order chi connectivity index (χ1) is 16.1. The fourth-order valence-corrected chi connectivity index (χ4v) is 3.27. The smallest absolute Gasteiger partial charge is 0.203 e. The Balaban J connectivity index is 1.72. The lowest BCUT2D eigenvalue weighted by atomic mass is 10.1. The van der Waals surface area contributed by atoms with Gasteiger partial charge in [0.2, 0.25) is 5.75 Å². The summed E-state index contributed by atoms with van der Waals surface area (Å²) < 4.78 is 21.4. The van der Waals surface area contributed by atoms with Crippen molar-refractivity contribution >= 4 is 23.6 Å². The van der Waals surface area contributed by atoms with E-state index in [1.807, 2.05) is 54.6 Å². The minimum absolute atomic E-state index is 0.140. The maximum Gasteiger partial charge on any atom is 0.203 e. The maximum absolute atomic E-state index is 12.4. The molecule has 0 aliphatic rings. The number of benzene rings is 3. The topological polar surface area (TPSA) is 66.0 Å². The average Bonchev–Trinajstić information content (AvgIpc) is 2.86. The molecular weight excluding hydrogens is 418 g/mol. The van der Waals surface area contributed by atoms with Crippen LogP contribution >= 0.6 is 0 Å². The third-order valence-electron chi connectivity index (χ3n) is 4.90. The van der Waals surface area contributed by atoms with Crippen LogP contribution in [0.25, 0.3) is 12.2 Å². The van der Waals surface area contributed by atoms with E-state index in [1.54, 1.807) is 52.8 Å². The molecule has 1 N–H and O–H groups in total. The predicted octanol–water partition coefficient (Wildman–Crippen LogP) is 5.70. The largest absolute Gasteiger partial charge is 0.496 e. The van der Waals surface area contributed by atoms with E-state index in [4.69, 9.17) is 18.9 Å². The van der Waals surface area contributed by atoms with Crippen LogP contribution in [0.5, 0.6) is 23.0 Å². The van der Waals surface area contributed by atoms with Crippen LogP contribution in [0.3, 0.4) is 0 Å². The van der Waals surface area contributed by atoms with Crippen LogP contribution in [-0.2, 0) is 0 Å². The van der Waals surface area contributed by atoms with Crippen LogP contribution < -0.4 is 24.3 Å². The second-order valence-corrected chi connectivity index (χ2v) is 6.96. The van der Waals surface area contributed by atoms with Gasteiger partial charge in [0.05, 0.1) is 34.0 Å². The second-order valence-electron chi connectivity index (χ2n) is 6.96. The van der Waals surface area contributed by atoms with E-state index in [9.17, 15) is 4.79 Å². The zero-order valence-corrected chi connectivity index (χ0v) is 19.1. The molecule has 0 heterocycles. The van der Waals surface area contributed by atoms with Crippen LogP contribution in [0, 0.1) is 0 Å². The van der Waals surface area contributed by atoms with Gasteiger partial charge in [-0.3, -0.25) is 4.79 Å². The monoisotopic (exact) mass is 445 g/mol. The number of carbonyl (C=O) groups is 1. The molecule has 0 spiro atoms. The molecule has 6 nitrogen and oxygen atoms in total. The Bertz CT molecular complexity index is 1140. The number of hydrogen-bond donors (Lipinski definition) is 1. The molecule has 33 heavy (non-hydrogen) atoms. The zero-order chi connectivity index (χ0) is 23.6. The summed E-state index contributed by atoms with van der Waals surface area (Å²) in [6.45, 7) is 0. The highest BCUT2D eigenvalue weighted by molar-refractivity contribution is 6.06. The molecule has 0 aliphatic carbocycles. The molecule has 0 saturated heterocycles. The Morgan fingerprint density at radius 2 is 1.39 bits per heavy atom. The fourth-order valence-electron chi connectivity index (χ4n) is 3.27. The van der Waals surface area contributed by atoms with Gasteiger partial charge in [0, 0.05) is 18.0 Å². The van der Waals surface area contributed by atoms with Crippen molar-refractivity contribution in [3.05, 3.63) is 89.6 Å². The lowest BCUT2D eigenvalue weighted by Crippen LogP contribution is -1.99. The molecule has 170 valence electrons. The fraction of sp³-hybridized carbons (Fsp3) is 0.148. The van der Waals surface area contributed by atoms with Crippen molar-refractivity contribution in [2.75, 3.05) is 33.8 Å². The van der Waals surface area contributed by atoms with Gasteiger partial charge in [-0.05, 0) is 47.5 Å². The molecule has 3 aromatic carbocycles. The van der Waals surface area contributed by atoms with Gasteiger partial charge in [-0.1, -0.05) is 36.4 Å². The van der Waals surface area contributed by atoms with Gasteiger partial charge in [0.1, 0.15) is 5.75 Å². The number of allylic oxidation sites excluding steroid dienone is 1. The number of para-hydroxylation sites is 1. The summed E-state index contributed by atoms with van der Waals surface area (Å²) in [5.74, 6) is 2.15.